The molecule has 0 spiro atoms. The topological polar surface area (TPSA) is 41.5 Å². The van der Waals surface area contributed by atoms with Crippen molar-refractivity contribution >= 4 is 0 Å². The van der Waals surface area contributed by atoms with Gasteiger partial charge in [0.05, 0.1) is 6.10 Å². The second-order valence-corrected chi connectivity index (χ2v) is 4.98. The molecule has 2 rings (SSSR count). The third-order valence-electron chi connectivity index (χ3n) is 3.16. The van der Waals surface area contributed by atoms with Crippen LogP contribution in [0.15, 0.2) is 18.2 Å². The Hall–Kier alpha value is -1.13. The first-order valence-corrected chi connectivity index (χ1v) is 6.43. The van der Waals surface area contributed by atoms with Crippen molar-refractivity contribution in [1.29, 1.82) is 0 Å². The molecule has 3 nitrogen and oxygen atoms in total. The van der Waals surface area contributed by atoms with Crippen LogP contribution < -0.4 is 10.1 Å². The van der Waals surface area contributed by atoms with Crippen LogP contribution in [0.1, 0.15) is 32.3 Å². The van der Waals surface area contributed by atoms with E-state index >= 15 is 0 Å². The Kier molecular flexibility index (Phi) is 4.19. The van der Waals surface area contributed by atoms with Crippen molar-refractivity contribution in [3.05, 3.63) is 29.6 Å². The Morgan fingerprint density at radius 3 is 2.72 bits per heavy atom. The zero-order chi connectivity index (χ0) is 13.1. The van der Waals surface area contributed by atoms with Gasteiger partial charge in [0.25, 0.3) is 0 Å². The Balaban J connectivity index is 1.95. The highest BCUT2D eigenvalue weighted by Crippen LogP contribution is 2.22. The summed E-state index contributed by atoms with van der Waals surface area (Å²) in [4.78, 5) is 0. The van der Waals surface area contributed by atoms with Gasteiger partial charge in [-0.1, -0.05) is 6.07 Å². The molecule has 0 bridgehead atoms. The minimum atomic E-state index is -0.624. The monoisotopic (exact) mass is 253 g/mol. The number of ether oxygens (including phenoxy) is 1. The molecule has 0 aromatic heterocycles. The minimum Gasteiger partial charge on any atom is -0.485 e. The van der Waals surface area contributed by atoms with Gasteiger partial charge in [-0.15, -0.1) is 0 Å². The van der Waals surface area contributed by atoms with Gasteiger partial charge in [0.15, 0.2) is 11.6 Å². The van der Waals surface area contributed by atoms with Crippen molar-refractivity contribution in [3.63, 3.8) is 0 Å². The van der Waals surface area contributed by atoms with Gasteiger partial charge in [0, 0.05) is 12.6 Å². The summed E-state index contributed by atoms with van der Waals surface area (Å²) in [6, 6.07) is 5.57. The van der Waals surface area contributed by atoms with Gasteiger partial charge in [-0.3, -0.25) is 0 Å². The Morgan fingerprint density at radius 1 is 1.44 bits per heavy atom. The smallest absolute Gasteiger partial charge is 0.165 e. The molecule has 0 heterocycles. The molecule has 2 atom stereocenters. The molecule has 0 aliphatic heterocycles. The third kappa shape index (κ3) is 3.68. The fourth-order valence-electron chi connectivity index (χ4n) is 1.60. The van der Waals surface area contributed by atoms with E-state index in [0.29, 0.717) is 12.6 Å². The van der Waals surface area contributed by atoms with Crippen LogP contribution in [-0.4, -0.2) is 23.4 Å². The van der Waals surface area contributed by atoms with Crippen molar-refractivity contribution < 1.29 is 14.2 Å². The highest BCUT2D eigenvalue weighted by molar-refractivity contribution is 5.29. The van der Waals surface area contributed by atoms with Crippen LogP contribution in [0.2, 0.25) is 0 Å². The molecule has 1 aromatic rings. The number of halogens is 1. The Labute approximate surface area is 107 Å². The number of benzene rings is 1. The summed E-state index contributed by atoms with van der Waals surface area (Å²) in [5.41, 5.74) is 0.913. The fourth-order valence-corrected chi connectivity index (χ4v) is 1.60. The van der Waals surface area contributed by atoms with Crippen LogP contribution in [0.25, 0.3) is 0 Å². The Morgan fingerprint density at radius 2 is 2.17 bits per heavy atom. The van der Waals surface area contributed by atoms with Crippen LogP contribution in [-0.2, 0) is 6.54 Å². The average molecular weight is 253 g/mol. The number of nitrogens with one attached hydrogen (secondary N) is 1. The Bertz CT molecular complexity index is 405. The van der Waals surface area contributed by atoms with Crippen LogP contribution in [0.5, 0.6) is 5.75 Å². The standard InChI is InChI=1S/C14H20FNO2/c1-9(17)10(2)18-14-6-3-11(7-13(14)15)8-16-12-4-5-12/h3,6-7,9-10,12,16-17H,4-5,8H2,1-2H3. The van der Waals surface area contributed by atoms with E-state index < -0.39 is 12.2 Å². The summed E-state index contributed by atoms with van der Waals surface area (Å²) < 4.78 is 19.1. The molecule has 2 unspecified atom stereocenters. The summed E-state index contributed by atoms with van der Waals surface area (Å²) in [6.07, 6.45) is 1.39. The lowest BCUT2D eigenvalue weighted by Crippen LogP contribution is -2.26. The molecule has 4 heteroatoms. The molecule has 2 N–H and O–H groups in total. The van der Waals surface area contributed by atoms with Crippen molar-refractivity contribution in [2.45, 2.75) is 51.5 Å². The molecule has 100 valence electrons. The van der Waals surface area contributed by atoms with Crippen LogP contribution in [0.4, 0.5) is 4.39 Å². The lowest BCUT2D eigenvalue weighted by atomic mass is 10.2. The van der Waals surface area contributed by atoms with Gasteiger partial charge in [0.2, 0.25) is 0 Å². The molecule has 0 radical (unpaired) electrons. The fraction of sp³-hybridized carbons (Fsp3) is 0.571. The molecule has 18 heavy (non-hydrogen) atoms. The highest BCUT2D eigenvalue weighted by atomic mass is 19.1. The number of hydrogen-bond donors (Lipinski definition) is 2. The molecule has 1 aromatic carbocycles. The van der Waals surface area contributed by atoms with Gasteiger partial charge in [-0.25, -0.2) is 4.39 Å². The molecule has 1 aliphatic carbocycles. The van der Waals surface area contributed by atoms with Gasteiger partial charge >= 0.3 is 0 Å². The average Bonchev–Trinajstić information content (AvgIpc) is 3.13. The normalized spacial score (nSPS) is 18.4. The minimum absolute atomic E-state index is 0.193. The molecule has 1 fully saturated rings. The second kappa shape index (κ2) is 5.67. The van der Waals surface area contributed by atoms with Gasteiger partial charge in [0.1, 0.15) is 6.10 Å². The van der Waals surface area contributed by atoms with E-state index in [1.807, 2.05) is 6.07 Å². The summed E-state index contributed by atoms with van der Waals surface area (Å²) in [7, 11) is 0. The van der Waals surface area contributed by atoms with Crippen LogP contribution >= 0.6 is 0 Å². The first kappa shape index (κ1) is 13.3. The maximum Gasteiger partial charge on any atom is 0.165 e. The van der Waals surface area contributed by atoms with Gasteiger partial charge < -0.3 is 15.2 Å². The van der Waals surface area contributed by atoms with Crippen molar-refractivity contribution in [1.82, 2.24) is 5.32 Å². The van der Waals surface area contributed by atoms with E-state index in [1.54, 1.807) is 19.9 Å². The third-order valence-corrected chi connectivity index (χ3v) is 3.16. The quantitative estimate of drug-likeness (QED) is 0.817. The van der Waals surface area contributed by atoms with Crippen molar-refractivity contribution in [2.75, 3.05) is 0 Å². The first-order valence-electron chi connectivity index (χ1n) is 6.43. The van der Waals surface area contributed by atoms with Gasteiger partial charge in [-0.05, 0) is 44.4 Å². The summed E-state index contributed by atoms with van der Waals surface area (Å²) >= 11 is 0. The maximum atomic E-state index is 13.8. The number of rotatable bonds is 6. The van der Waals surface area contributed by atoms with E-state index in [0.717, 1.165) is 5.56 Å². The van der Waals surface area contributed by atoms with E-state index in [-0.39, 0.29) is 11.6 Å². The highest BCUT2D eigenvalue weighted by Gasteiger charge is 2.20. The van der Waals surface area contributed by atoms with Crippen LogP contribution in [0, 0.1) is 5.82 Å². The summed E-state index contributed by atoms with van der Waals surface area (Å²) in [5, 5.41) is 12.7. The first-order chi connectivity index (χ1) is 8.56. The van der Waals surface area contributed by atoms with E-state index in [1.165, 1.54) is 18.9 Å². The molecule has 1 saturated carbocycles. The summed E-state index contributed by atoms with van der Waals surface area (Å²) in [6.45, 7) is 4.02. The van der Waals surface area contributed by atoms with Crippen molar-refractivity contribution in [3.8, 4) is 5.75 Å². The number of aliphatic hydroxyl groups excluding tert-OH is 1. The van der Waals surface area contributed by atoms with Crippen molar-refractivity contribution in [2.24, 2.45) is 0 Å². The molecule has 0 amide bonds. The maximum absolute atomic E-state index is 13.8. The SMILES string of the molecule is CC(O)C(C)Oc1ccc(CNC2CC2)cc1F. The zero-order valence-electron chi connectivity index (χ0n) is 10.8. The molecular weight excluding hydrogens is 233 g/mol. The number of hydrogen-bond acceptors (Lipinski definition) is 3. The second-order valence-electron chi connectivity index (χ2n) is 4.98. The van der Waals surface area contributed by atoms with E-state index in [4.69, 9.17) is 4.74 Å². The van der Waals surface area contributed by atoms with E-state index in [2.05, 4.69) is 5.32 Å². The largest absolute Gasteiger partial charge is 0.485 e. The van der Waals surface area contributed by atoms with Gasteiger partial charge in [-0.2, -0.15) is 0 Å². The molecular formula is C14H20FNO2. The lowest BCUT2D eigenvalue weighted by Gasteiger charge is -2.18. The van der Waals surface area contributed by atoms with Crippen LogP contribution in [0.3, 0.4) is 0 Å². The predicted octanol–water partition coefficient (Wildman–Crippen LogP) is 2.23. The molecule has 0 saturated heterocycles. The number of aliphatic hydroxyl groups is 1. The molecule has 1 aliphatic rings. The van der Waals surface area contributed by atoms with E-state index in [9.17, 15) is 9.50 Å². The zero-order valence-corrected chi connectivity index (χ0v) is 10.8. The lowest BCUT2D eigenvalue weighted by molar-refractivity contribution is 0.0579. The summed E-state index contributed by atoms with van der Waals surface area (Å²) in [5.74, 6) is -0.184. The predicted molar refractivity (Wildman–Crippen MR) is 68.0 cm³/mol.